The molecule has 5 nitrogen and oxygen atoms in total. The fourth-order valence-electron chi connectivity index (χ4n) is 4.16. The fourth-order valence-corrected chi connectivity index (χ4v) is 6.33. The molecule has 1 atom stereocenters. The van der Waals surface area contributed by atoms with Crippen molar-refractivity contribution in [3.8, 4) is 0 Å². The number of thioether (sulfide) groups is 1. The van der Waals surface area contributed by atoms with Crippen LogP contribution in [-0.4, -0.2) is 27.3 Å². The van der Waals surface area contributed by atoms with Gasteiger partial charge in [-0.3, -0.25) is 14.2 Å². The Hall–Kier alpha value is -2.12. The standard InChI is InChI=1S/C24H29N3O2S2/c1-3-27-23(29)21-18-11-7-8-12-19(18)31-22(21)26-24(27)30-15-20(28)25-16(2)13-14-17-9-5-4-6-10-17/h4-6,9-10,16H,3,7-8,11-15H2,1-2H3,(H,25,28). The maximum Gasteiger partial charge on any atom is 0.263 e. The van der Waals surface area contributed by atoms with E-state index in [9.17, 15) is 9.59 Å². The number of nitrogens with one attached hydrogen (secondary N) is 1. The molecule has 0 saturated carbocycles. The second-order valence-corrected chi connectivity index (χ2v) is 10.1. The predicted molar refractivity (Wildman–Crippen MR) is 129 cm³/mol. The van der Waals surface area contributed by atoms with Crippen molar-refractivity contribution < 1.29 is 4.79 Å². The van der Waals surface area contributed by atoms with Gasteiger partial charge in [0.2, 0.25) is 5.91 Å². The average molecular weight is 456 g/mol. The highest BCUT2D eigenvalue weighted by Gasteiger charge is 2.22. The lowest BCUT2D eigenvalue weighted by Gasteiger charge is -2.15. The molecule has 31 heavy (non-hydrogen) atoms. The zero-order chi connectivity index (χ0) is 21.8. The van der Waals surface area contributed by atoms with E-state index in [1.54, 1.807) is 15.9 Å². The molecule has 1 aliphatic rings. The van der Waals surface area contributed by atoms with Crippen LogP contribution in [0.3, 0.4) is 0 Å². The molecular formula is C24H29N3O2S2. The number of aromatic nitrogens is 2. The zero-order valence-corrected chi connectivity index (χ0v) is 19.8. The minimum Gasteiger partial charge on any atom is -0.353 e. The molecule has 4 rings (SSSR count). The third-order valence-electron chi connectivity index (χ3n) is 5.80. The Bertz CT molecular complexity index is 1120. The molecule has 0 fully saturated rings. The number of thiophene rings is 1. The van der Waals surface area contributed by atoms with Gasteiger partial charge in [-0.15, -0.1) is 11.3 Å². The van der Waals surface area contributed by atoms with Gasteiger partial charge in [-0.1, -0.05) is 42.1 Å². The van der Waals surface area contributed by atoms with E-state index in [0.29, 0.717) is 11.7 Å². The lowest BCUT2D eigenvalue weighted by atomic mass is 9.97. The van der Waals surface area contributed by atoms with Crippen LogP contribution in [0.2, 0.25) is 0 Å². The molecule has 164 valence electrons. The Morgan fingerprint density at radius 1 is 1.26 bits per heavy atom. The van der Waals surface area contributed by atoms with Crippen LogP contribution in [0.5, 0.6) is 0 Å². The number of aryl methyl sites for hydroxylation is 3. The maximum atomic E-state index is 13.2. The van der Waals surface area contributed by atoms with Crippen LogP contribution in [0.1, 0.15) is 49.1 Å². The SMILES string of the molecule is CCn1c(SCC(=O)NC(C)CCc2ccccc2)nc2sc3c(c2c1=O)CCCC3. The Morgan fingerprint density at radius 3 is 2.81 bits per heavy atom. The smallest absolute Gasteiger partial charge is 0.263 e. The van der Waals surface area contributed by atoms with Crippen LogP contribution >= 0.6 is 23.1 Å². The molecule has 1 aliphatic carbocycles. The van der Waals surface area contributed by atoms with Crippen molar-refractivity contribution in [1.82, 2.24) is 14.9 Å². The minimum absolute atomic E-state index is 0.0203. The monoisotopic (exact) mass is 455 g/mol. The number of benzene rings is 1. The van der Waals surface area contributed by atoms with Crippen molar-refractivity contribution in [3.05, 3.63) is 56.7 Å². The molecule has 7 heteroatoms. The lowest BCUT2D eigenvalue weighted by Crippen LogP contribution is -2.34. The highest BCUT2D eigenvalue weighted by molar-refractivity contribution is 7.99. The molecule has 1 amide bonds. The van der Waals surface area contributed by atoms with Gasteiger partial charge in [0.25, 0.3) is 5.56 Å². The van der Waals surface area contributed by atoms with Crippen molar-refractivity contribution >= 4 is 39.2 Å². The average Bonchev–Trinajstić information content (AvgIpc) is 3.15. The fraction of sp³-hybridized carbons (Fsp3) is 0.458. The number of carbonyl (C=O) groups is 1. The van der Waals surface area contributed by atoms with Crippen molar-refractivity contribution in [1.29, 1.82) is 0 Å². The highest BCUT2D eigenvalue weighted by Crippen LogP contribution is 2.34. The summed E-state index contributed by atoms with van der Waals surface area (Å²) in [6.45, 7) is 4.56. The van der Waals surface area contributed by atoms with Crippen molar-refractivity contribution in [2.24, 2.45) is 0 Å². The second-order valence-electron chi connectivity index (χ2n) is 8.12. The molecule has 0 bridgehead atoms. The van der Waals surface area contributed by atoms with Crippen LogP contribution in [0.15, 0.2) is 40.3 Å². The number of amides is 1. The first-order valence-electron chi connectivity index (χ1n) is 11.1. The van der Waals surface area contributed by atoms with Crippen LogP contribution < -0.4 is 10.9 Å². The van der Waals surface area contributed by atoms with Crippen LogP contribution in [0.25, 0.3) is 10.2 Å². The number of nitrogens with zero attached hydrogens (tertiary/aromatic N) is 2. The van der Waals surface area contributed by atoms with Gasteiger partial charge in [-0.05, 0) is 63.5 Å². The van der Waals surface area contributed by atoms with E-state index in [1.807, 2.05) is 32.0 Å². The van der Waals surface area contributed by atoms with Gasteiger partial charge in [0.1, 0.15) is 4.83 Å². The summed E-state index contributed by atoms with van der Waals surface area (Å²) in [6, 6.07) is 10.4. The van der Waals surface area contributed by atoms with Crippen LogP contribution in [-0.2, 0) is 30.6 Å². The van der Waals surface area contributed by atoms with Crippen LogP contribution in [0, 0.1) is 0 Å². The first kappa shape index (κ1) is 22.1. The van der Waals surface area contributed by atoms with E-state index < -0.39 is 0 Å². The van der Waals surface area contributed by atoms with Crippen molar-refractivity contribution in [2.45, 2.75) is 70.1 Å². The lowest BCUT2D eigenvalue weighted by molar-refractivity contribution is -0.119. The number of hydrogen-bond donors (Lipinski definition) is 1. The van der Waals surface area contributed by atoms with Gasteiger partial charge in [-0.25, -0.2) is 4.98 Å². The number of carbonyl (C=O) groups excluding carboxylic acids is 1. The normalized spacial score (nSPS) is 14.4. The summed E-state index contributed by atoms with van der Waals surface area (Å²) in [6.07, 6.45) is 6.19. The molecule has 1 aromatic carbocycles. The van der Waals surface area contributed by atoms with Gasteiger partial charge in [0.15, 0.2) is 5.16 Å². The van der Waals surface area contributed by atoms with E-state index in [2.05, 4.69) is 17.4 Å². The van der Waals surface area contributed by atoms with E-state index in [-0.39, 0.29) is 23.3 Å². The minimum atomic E-state index is -0.0203. The molecule has 0 spiro atoms. The summed E-state index contributed by atoms with van der Waals surface area (Å²) >= 11 is 3.02. The second kappa shape index (κ2) is 10.0. The van der Waals surface area contributed by atoms with Crippen molar-refractivity contribution in [3.63, 3.8) is 0 Å². The summed E-state index contributed by atoms with van der Waals surface area (Å²) in [7, 11) is 0. The quantitative estimate of drug-likeness (QED) is 0.399. The molecular weight excluding hydrogens is 426 g/mol. The molecule has 1 N–H and O–H groups in total. The van der Waals surface area contributed by atoms with E-state index in [1.165, 1.54) is 34.2 Å². The molecule has 3 aromatic rings. The van der Waals surface area contributed by atoms with Gasteiger partial charge >= 0.3 is 0 Å². The summed E-state index contributed by atoms with van der Waals surface area (Å²) in [5.74, 6) is 0.242. The highest BCUT2D eigenvalue weighted by atomic mass is 32.2. The molecule has 0 saturated heterocycles. The van der Waals surface area contributed by atoms with E-state index in [4.69, 9.17) is 4.98 Å². The first-order chi connectivity index (χ1) is 15.1. The van der Waals surface area contributed by atoms with Crippen molar-refractivity contribution in [2.75, 3.05) is 5.75 Å². The number of fused-ring (bicyclic) bond motifs is 3. The van der Waals surface area contributed by atoms with Gasteiger partial charge in [0.05, 0.1) is 11.1 Å². The topological polar surface area (TPSA) is 64.0 Å². The summed E-state index contributed by atoms with van der Waals surface area (Å²) in [4.78, 5) is 32.6. The molecule has 2 aromatic heterocycles. The van der Waals surface area contributed by atoms with E-state index >= 15 is 0 Å². The Balaban J connectivity index is 1.41. The Kier molecular flexibility index (Phi) is 7.13. The third kappa shape index (κ3) is 5.04. The van der Waals surface area contributed by atoms with Gasteiger partial charge < -0.3 is 5.32 Å². The summed E-state index contributed by atoms with van der Waals surface area (Å²) < 4.78 is 1.72. The Morgan fingerprint density at radius 2 is 2.03 bits per heavy atom. The largest absolute Gasteiger partial charge is 0.353 e. The molecule has 0 aliphatic heterocycles. The molecule has 0 radical (unpaired) electrons. The predicted octanol–water partition coefficient (Wildman–Crippen LogP) is 4.59. The number of hydrogen-bond acceptors (Lipinski definition) is 5. The first-order valence-corrected chi connectivity index (χ1v) is 12.9. The molecule has 1 unspecified atom stereocenters. The van der Waals surface area contributed by atoms with Gasteiger partial charge in [-0.2, -0.15) is 0 Å². The Labute approximate surface area is 191 Å². The van der Waals surface area contributed by atoms with E-state index in [0.717, 1.165) is 42.3 Å². The summed E-state index contributed by atoms with van der Waals surface area (Å²) in [5, 5.41) is 4.53. The third-order valence-corrected chi connectivity index (χ3v) is 7.97. The maximum absolute atomic E-state index is 13.2. The van der Waals surface area contributed by atoms with Crippen LogP contribution in [0.4, 0.5) is 0 Å². The summed E-state index contributed by atoms with van der Waals surface area (Å²) in [5.41, 5.74) is 2.54. The number of rotatable bonds is 8. The zero-order valence-electron chi connectivity index (χ0n) is 18.1. The van der Waals surface area contributed by atoms with Gasteiger partial charge in [0, 0.05) is 17.5 Å². The molecule has 2 heterocycles.